The lowest BCUT2D eigenvalue weighted by Gasteiger charge is -2.23. The van der Waals surface area contributed by atoms with Gasteiger partial charge in [0.05, 0.1) is 26.3 Å². The molecule has 0 radical (unpaired) electrons. The third-order valence-electron chi connectivity index (χ3n) is 5.33. The molecule has 160 valence electrons. The normalized spacial score (nSPS) is 18.6. The molecule has 8 heteroatoms. The van der Waals surface area contributed by atoms with Crippen molar-refractivity contribution in [1.29, 1.82) is 0 Å². The van der Waals surface area contributed by atoms with Crippen molar-refractivity contribution in [3.63, 3.8) is 0 Å². The topological polar surface area (TPSA) is 26.8 Å². The summed E-state index contributed by atoms with van der Waals surface area (Å²) in [5, 5.41) is 1.03. The summed E-state index contributed by atoms with van der Waals surface area (Å²) in [6, 6.07) is 14.1. The largest absolute Gasteiger partial charge is 0.329 e. The van der Waals surface area contributed by atoms with Gasteiger partial charge in [0.25, 0.3) is 5.91 Å². The molecule has 1 amide bonds. The molecule has 0 N–H and O–H groups in total. The summed E-state index contributed by atoms with van der Waals surface area (Å²) in [4.78, 5) is 19.1. The number of thioether (sulfide) groups is 1. The van der Waals surface area contributed by atoms with Crippen molar-refractivity contribution >= 4 is 68.8 Å². The Morgan fingerprint density at radius 2 is 1.71 bits per heavy atom. The lowest BCUT2D eigenvalue weighted by atomic mass is 10.1. The summed E-state index contributed by atoms with van der Waals surface area (Å²) in [6.07, 6.45) is 4.68. The van der Waals surface area contributed by atoms with Gasteiger partial charge in [-0.3, -0.25) is 9.69 Å². The maximum atomic E-state index is 12.6. The predicted molar refractivity (Wildman–Crippen MR) is 136 cm³/mol. The molecule has 0 aliphatic carbocycles. The van der Waals surface area contributed by atoms with Gasteiger partial charge in [-0.2, -0.15) is 0 Å². The molecule has 0 atom stereocenters. The molecule has 2 aliphatic heterocycles. The smallest absolute Gasteiger partial charge is 0.266 e. The van der Waals surface area contributed by atoms with E-state index in [1.807, 2.05) is 56.5 Å². The van der Waals surface area contributed by atoms with E-state index in [9.17, 15) is 4.79 Å². The predicted octanol–water partition coefficient (Wildman–Crippen LogP) is 6.10. The van der Waals surface area contributed by atoms with Crippen LogP contribution < -0.4 is 9.80 Å². The standard InChI is InChI=1S/C23H21Cl2N3OS2/c1-3-27-22(29)20(31-23(27)30)9-10-21-26(2)18-13-16(24)17(25)14-19(18)28(21)12-11-15-7-5-4-6-8-15/h4-10,13-14H,3,11-12H2,1-2H3. The van der Waals surface area contributed by atoms with E-state index >= 15 is 0 Å². The Kier molecular flexibility index (Phi) is 6.63. The Morgan fingerprint density at radius 1 is 1.03 bits per heavy atom. The first-order valence-corrected chi connectivity index (χ1v) is 11.9. The molecule has 2 heterocycles. The molecule has 0 bridgehead atoms. The van der Waals surface area contributed by atoms with Gasteiger partial charge in [0.15, 0.2) is 0 Å². The van der Waals surface area contributed by atoms with E-state index in [0.29, 0.717) is 25.8 Å². The number of halogens is 2. The number of carbonyl (C=O) groups is 1. The van der Waals surface area contributed by atoms with Crippen LogP contribution in [0.1, 0.15) is 12.5 Å². The number of hydrogen-bond donors (Lipinski definition) is 0. The van der Waals surface area contributed by atoms with Crippen molar-refractivity contribution in [1.82, 2.24) is 4.90 Å². The number of rotatable bonds is 5. The summed E-state index contributed by atoms with van der Waals surface area (Å²) >= 11 is 19.3. The summed E-state index contributed by atoms with van der Waals surface area (Å²) in [7, 11) is 1.99. The second kappa shape index (κ2) is 9.25. The van der Waals surface area contributed by atoms with Gasteiger partial charge in [0.1, 0.15) is 10.1 Å². The molecule has 2 aromatic rings. The van der Waals surface area contributed by atoms with Crippen LogP contribution in [0.25, 0.3) is 0 Å². The number of thiocarbonyl (C=S) groups is 1. The maximum Gasteiger partial charge on any atom is 0.266 e. The van der Waals surface area contributed by atoms with Crippen molar-refractivity contribution in [3.8, 4) is 0 Å². The Balaban J connectivity index is 1.69. The third-order valence-corrected chi connectivity index (χ3v) is 7.45. The molecule has 0 spiro atoms. The van der Waals surface area contributed by atoms with Gasteiger partial charge in [0, 0.05) is 20.1 Å². The number of benzene rings is 2. The first-order chi connectivity index (χ1) is 14.9. The fourth-order valence-electron chi connectivity index (χ4n) is 3.70. The molecule has 4 rings (SSSR count). The molecule has 0 saturated carbocycles. The zero-order valence-corrected chi connectivity index (χ0v) is 20.3. The number of carbonyl (C=O) groups excluding carboxylic acids is 1. The molecular formula is C23H21Cl2N3OS2. The van der Waals surface area contributed by atoms with Crippen molar-refractivity contribution < 1.29 is 4.79 Å². The molecule has 0 unspecified atom stereocenters. The second-order valence-electron chi connectivity index (χ2n) is 7.17. The molecule has 0 aromatic heterocycles. The molecule has 2 aromatic carbocycles. The molecule has 2 aliphatic rings. The molecule has 4 nitrogen and oxygen atoms in total. The third kappa shape index (κ3) is 4.35. The fraction of sp³-hybridized carbons (Fsp3) is 0.217. The Labute approximate surface area is 202 Å². The highest BCUT2D eigenvalue weighted by molar-refractivity contribution is 8.26. The Morgan fingerprint density at radius 3 is 2.35 bits per heavy atom. The minimum Gasteiger partial charge on any atom is -0.329 e. The number of allylic oxidation sites excluding steroid dienone is 2. The van der Waals surface area contributed by atoms with E-state index in [4.69, 9.17) is 35.4 Å². The van der Waals surface area contributed by atoms with E-state index in [-0.39, 0.29) is 5.91 Å². The second-order valence-corrected chi connectivity index (χ2v) is 9.66. The van der Waals surface area contributed by atoms with Crippen LogP contribution in [0.4, 0.5) is 11.4 Å². The highest BCUT2D eigenvalue weighted by Gasteiger charge is 2.32. The van der Waals surface area contributed by atoms with Crippen LogP contribution >= 0.6 is 47.2 Å². The lowest BCUT2D eigenvalue weighted by molar-refractivity contribution is -0.122. The monoisotopic (exact) mass is 489 g/mol. The number of hydrogen-bond acceptors (Lipinski definition) is 5. The van der Waals surface area contributed by atoms with E-state index in [1.165, 1.54) is 17.3 Å². The van der Waals surface area contributed by atoms with E-state index in [1.54, 1.807) is 4.90 Å². The van der Waals surface area contributed by atoms with E-state index in [0.717, 1.165) is 30.2 Å². The van der Waals surface area contributed by atoms with Gasteiger partial charge in [-0.1, -0.05) is 77.5 Å². The van der Waals surface area contributed by atoms with Crippen LogP contribution in [-0.2, 0) is 11.2 Å². The summed E-state index contributed by atoms with van der Waals surface area (Å²) in [5.74, 6) is 0.903. The molecule has 31 heavy (non-hydrogen) atoms. The average molecular weight is 490 g/mol. The van der Waals surface area contributed by atoms with Gasteiger partial charge in [-0.25, -0.2) is 0 Å². The summed E-state index contributed by atoms with van der Waals surface area (Å²) in [6.45, 7) is 3.26. The zero-order chi connectivity index (χ0) is 22.1. The van der Waals surface area contributed by atoms with Gasteiger partial charge in [-0.05, 0) is 43.2 Å². The minimum absolute atomic E-state index is 0.0468. The van der Waals surface area contributed by atoms with Crippen LogP contribution in [0.2, 0.25) is 10.0 Å². The number of likely N-dealkylation sites (N-methyl/N-ethyl adjacent to an activating group) is 1. The van der Waals surface area contributed by atoms with Crippen molar-refractivity contribution in [2.45, 2.75) is 13.3 Å². The van der Waals surface area contributed by atoms with Crippen molar-refractivity contribution in [3.05, 3.63) is 81.0 Å². The fourth-order valence-corrected chi connectivity index (χ4v) is 5.34. The SMILES string of the molecule is CCN1C(=O)C(=CC=C2N(C)c3cc(Cl)c(Cl)cc3N2CCc2ccccc2)SC1=S. The number of amides is 1. The number of fused-ring (bicyclic) bond motifs is 1. The van der Waals surface area contributed by atoms with Crippen molar-refractivity contribution in [2.24, 2.45) is 0 Å². The Hall–Kier alpha value is -1.99. The Bertz CT molecular complexity index is 1100. The van der Waals surface area contributed by atoms with Gasteiger partial charge < -0.3 is 9.80 Å². The van der Waals surface area contributed by atoms with Crippen LogP contribution in [0.15, 0.2) is 65.3 Å². The molecular weight excluding hydrogens is 469 g/mol. The molecule has 1 saturated heterocycles. The quantitative estimate of drug-likeness (QED) is 0.373. The first kappa shape index (κ1) is 22.2. The van der Waals surface area contributed by atoms with Crippen molar-refractivity contribution in [2.75, 3.05) is 29.9 Å². The van der Waals surface area contributed by atoms with Crippen LogP contribution in [0.5, 0.6) is 0 Å². The van der Waals surface area contributed by atoms with Gasteiger partial charge in [0.2, 0.25) is 0 Å². The number of anilines is 2. The maximum absolute atomic E-state index is 12.6. The van der Waals surface area contributed by atoms with E-state index in [2.05, 4.69) is 21.9 Å². The van der Waals surface area contributed by atoms with Crippen LogP contribution in [0, 0.1) is 0 Å². The average Bonchev–Trinajstić information content (AvgIpc) is 3.18. The molecule has 1 fully saturated rings. The van der Waals surface area contributed by atoms with E-state index < -0.39 is 0 Å². The van der Waals surface area contributed by atoms with Gasteiger partial charge >= 0.3 is 0 Å². The highest BCUT2D eigenvalue weighted by atomic mass is 35.5. The highest BCUT2D eigenvalue weighted by Crippen LogP contribution is 2.45. The zero-order valence-electron chi connectivity index (χ0n) is 17.1. The van der Waals surface area contributed by atoms with Crippen LogP contribution in [0.3, 0.4) is 0 Å². The lowest BCUT2D eigenvalue weighted by Crippen LogP contribution is -2.28. The van der Waals surface area contributed by atoms with Gasteiger partial charge in [-0.15, -0.1) is 0 Å². The minimum atomic E-state index is -0.0468. The number of nitrogens with zero attached hydrogens (tertiary/aromatic N) is 3. The summed E-state index contributed by atoms with van der Waals surface area (Å²) in [5.41, 5.74) is 3.22. The first-order valence-electron chi connectivity index (χ1n) is 9.90. The summed E-state index contributed by atoms with van der Waals surface area (Å²) < 4.78 is 0.597. The van der Waals surface area contributed by atoms with Crippen LogP contribution in [-0.4, -0.2) is 35.3 Å².